The molecule has 1 atom stereocenters. The molecule has 1 rings (SSSR count). The predicted octanol–water partition coefficient (Wildman–Crippen LogP) is 4.47. The number of hydrogen-bond donors (Lipinski definition) is 1. The van der Waals surface area contributed by atoms with E-state index in [9.17, 15) is 0 Å². The molecule has 0 saturated carbocycles. The Morgan fingerprint density at radius 2 is 1.71 bits per heavy atom. The number of aryl methyl sites for hydroxylation is 1. The first-order valence-electron chi connectivity index (χ1n) is 6.77. The first-order chi connectivity index (χ1) is 7.92. The first-order valence-corrected chi connectivity index (χ1v) is 6.77. The smallest absolute Gasteiger partial charge is 0.0299 e. The molecule has 0 spiro atoms. The fraction of sp³-hybridized carbons (Fsp3) is 0.625. The van der Waals surface area contributed by atoms with Gasteiger partial charge in [-0.25, -0.2) is 0 Å². The normalized spacial score (nSPS) is 13.7. The second-order valence-electron chi connectivity index (χ2n) is 6.22. The molecule has 0 saturated heterocycles. The van der Waals surface area contributed by atoms with Crippen molar-refractivity contribution in [2.45, 2.75) is 59.4 Å². The summed E-state index contributed by atoms with van der Waals surface area (Å²) in [6.07, 6.45) is 4.74. The summed E-state index contributed by atoms with van der Waals surface area (Å²) in [5, 5.41) is 0. The lowest BCUT2D eigenvalue weighted by Crippen LogP contribution is -2.18. The summed E-state index contributed by atoms with van der Waals surface area (Å²) in [6.45, 7) is 8.95. The van der Waals surface area contributed by atoms with Gasteiger partial charge in [-0.2, -0.15) is 0 Å². The van der Waals surface area contributed by atoms with Crippen LogP contribution in [0.1, 0.15) is 64.1 Å². The van der Waals surface area contributed by atoms with Gasteiger partial charge in [0.15, 0.2) is 0 Å². The van der Waals surface area contributed by atoms with Crippen molar-refractivity contribution < 1.29 is 0 Å². The Hall–Kier alpha value is -0.820. The van der Waals surface area contributed by atoms with Crippen molar-refractivity contribution in [3.05, 3.63) is 35.4 Å². The van der Waals surface area contributed by atoms with Crippen LogP contribution in [0, 0.1) is 5.41 Å². The zero-order chi connectivity index (χ0) is 12.9. The average molecular weight is 233 g/mol. The zero-order valence-corrected chi connectivity index (χ0v) is 11.8. The van der Waals surface area contributed by atoms with Crippen molar-refractivity contribution in [1.29, 1.82) is 0 Å². The summed E-state index contributed by atoms with van der Waals surface area (Å²) >= 11 is 0. The zero-order valence-electron chi connectivity index (χ0n) is 11.8. The van der Waals surface area contributed by atoms with Crippen molar-refractivity contribution in [3.63, 3.8) is 0 Å². The fourth-order valence-electron chi connectivity index (χ4n) is 2.09. The van der Waals surface area contributed by atoms with Crippen LogP contribution in [0.4, 0.5) is 0 Å². The van der Waals surface area contributed by atoms with Crippen LogP contribution in [0.3, 0.4) is 0 Å². The molecular weight excluding hydrogens is 206 g/mol. The molecule has 1 heteroatoms. The second kappa shape index (κ2) is 6.20. The Morgan fingerprint density at radius 3 is 2.18 bits per heavy atom. The fourth-order valence-corrected chi connectivity index (χ4v) is 2.09. The third kappa shape index (κ3) is 5.36. The molecule has 0 fully saturated rings. The van der Waals surface area contributed by atoms with Crippen molar-refractivity contribution in [1.82, 2.24) is 0 Å². The van der Waals surface area contributed by atoms with Gasteiger partial charge in [-0.05, 0) is 35.8 Å². The largest absolute Gasteiger partial charge is 0.324 e. The van der Waals surface area contributed by atoms with Gasteiger partial charge in [0.25, 0.3) is 0 Å². The molecule has 17 heavy (non-hydrogen) atoms. The van der Waals surface area contributed by atoms with Gasteiger partial charge in [-0.3, -0.25) is 0 Å². The molecule has 1 aromatic carbocycles. The van der Waals surface area contributed by atoms with E-state index in [0.29, 0.717) is 5.41 Å². The van der Waals surface area contributed by atoms with Crippen LogP contribution in [0.15, 0.2) is 24.3 Å². The Labute approximate surface area is 106 Å². The van der Waals surface area contributed by atoms with Gasteiger partial charge in [0.05, 0.1) is 0 Å². The number of benzene rings is 1. The number of hydrogen-bond acceptors (Lipinski definition) is 1. The number of rotatable bonds is 5. The summed E-state index contributed by atoms with van der Waals surface area (Å²) in [6, 6.07) is 9.01. The molecule has 1 unspecified atom stereocenters. The summed E-state index contributed by atoms with van der Waals surface area (Å²) in [4.78, 5) is 0. The third-order valence-corrected chi connectivity index (χ3v) is 3.06. The molecule has 0 amide bonds. The lowest BCUT2D eigenvalue weighted by molar-refractivity contribution is 0.343. The standard InChI is InChI=1S/C16H27N/c1-5-6-7-13-8-10-14(11-9-13)15(17)12-16(2,3)4/h8-11,15H,5-7,12,17H2,1-4H3. The summed E-state index contributed by atoms with van der Waals surface area (Å²) in [7, 11) is 0. The highest BCUT2D eigenvalue weighted by molar-refractivity contribution is 5.25. The summed E-state index contributed by atoms with van der Waals surface area (Å²) in [5.41, 5.74) is 9.22. The lowest BCUT2D eigenvalue weighted by atomic mass is 9.85. The molecule has 0 aliphatic rings. The third-order valence-electron chi connectivity index (χ3n) is 3.06. The monoisotopic (exact) mass is 233 g/mol. The molecular formula is C16H27N. The van der Waals surface area contributed by atoms with Crippen LogP contribution >= 0.6 is 0 Å². The Bertz CT molecular complexity index is 318. The molecule has 0 aromatic heterocycles. The van der Waals surface area contributed by atoms with Gasteiger partial charge >= 0.3 is 0 Å². The quantitative estimate of drug-likeness (QED) is 0.798. The Balaban J connectivity index is 2.60. The van der Waals surface area contributed by atoms with Gasteiger partial charge in [0.1, 0.15) is 0 Å². The summed E-state index contributed by atoms with van der Waals surface area (Å²) in [5.74, 6) is 0. The van der Waals surface area contributed by atoms with Crippen molar-refractivity contribution in [2.75, 3.05) is 0 Å². The van der Waals surface area contributed by atoms with E-state index in [-0.39, 0.29) is 6.04 Å². The molecule has 2 N–H and O–H groups in total. The maximum Gasteiger partial charge on any atom is 0.0299 e. The van der Waals surface area contributed by atoms with E-state index < -0.39 is 0 Å². The molecule has 1 nitrogen and oxygen atoms in total. The van der Waals surface area contributed by atoms with E-state index in [1.54, 1.807) is 0 Å². The molecule has 0 aliphatic carbocycles. The molecule has 0 aliphatic heterocycles. The van der Waals surface area contributed by atoms with Gasteiger partial charge in [-0.15, -0.1) is 0 Å². The van der Waals surface area contributed by atoms with Crippen LogP contribution in [0.5, 0.6) is 0 Å². The highest BCUT2D eigenvalue weighted by Crippen LogP contribution is 2.27. The molecule has 0 heterocycles. The van der Waals surface area contributed by atoms with Crippen LogP contribution in [-0.2, 0) is 6.42 Å². The minimum absolute atomic E-state index is 0.162. The van der Waals surface area contributed by atoms with E-state index in [0.717, 1.165) is 6.42 Å². The van der Waals surface area contributed by atoms with Crippen LogP contribution in [0.25, 0.3) is 0 Å². The van der Waals surface area contributed by atoms with Crippen molar-refractivity contribution in [3.8, 4) is 0 Å². The van der Waals surface area contributed by atoms with Gasteiger partial charge < -0.3 is 5.73 Å². The van der Waals surface area contributed by atoms with Gasteiger partial charge in [-0.1, -0.05) is 58.4 Å². The average Bonchev–Trinajstić information content (AvgIpc) is 2.24. The minimum atomic E-state index is 0.162. The maximum absolute atomic E-state index is 6.23. The first kappa shape index (κ1) is 14.2. The van der Waals surface area contributed by atoms with E-state index in [4.69, 9.17) is 5.73 Å². The second-order valence-corrected chi connectivity index (χ2v) is 6.22. The van der Waals surface area contributed by atoms with Crippen molar-refractivity contribution in [2.24, 2.45) is 11.1 Å². The van der Waals surface area contributed by atoms with Crippen LogP contribution < -0.4 is 5.73 Å². The Kier molecular flexibility index (Phi) is 5.20. The molecule has 0 radical (unpaired) electrons. The van der Waals surface area contributed by atoms with E-state index >= 15 is 0 Å². The number of nitrogens with two attached hydrogens (primary N) is 1. The van der Waals surface area contributed by atoms with Gasteiger partial charge in [0.2, 0.25) is 0 Å². The minimum Gasteiger partial charge on any atom is -0.324 e. The SMILES string of the molecule is CCCCc1ccc(C(N)CC(C)(C)C)cc1. The highest BCUT2D eigenvalue weighted by atomic mass is 14.6. The molecule has 96 valence electrons. The summed E-state index contributed by atoms with van der Waals surface area (Å²) < 4.78 is 0. The highest BCUT2D eigenvalue weighted by Gasteiger charge is 2.16. The number of unbranched alkanes of at least 4 members (excludes halogenated alkanes) is 1. The lowest BCUT2D eigenvalue weighted by Gasteiger charge is -2.23. The van der Waals surface area contributed by atoms with E-state index in [1.165, 1.54) is 30.4 Å². The van der Waals surface area contributed by atoms with E-state index in [2.05, 4.69) is 52.0 Å². The van der Waals surface area contributed by atoms with Crippen molar-refractivity contribution >= 4 is 0 Å². The van der Waals surface area contributed by atoms with E-state index in [1.807, 2.05) is 0 Å². The molecule has 0 bridgehead atoms. The van der Waals surface area contributed by atoms with Gasteiger partial charge in [0, 0.05) is 6.04 Å². The predicted molar refractivity (Wildman–Crippen MR) is 76.1 cm³/mol. The maximum atomic E-state index is 6.23. The van der Waals surface area contributed by atoms with Crippen LogP contribution in [0.2, 0.25) is 0 Å². The Morgan fingerprint density at radius 1 is 1.12 bits per heavy atom. The molecule has 1 aromatic rings. The topological polar surface area (TPSA) is 26.0 Å². The van der Waals surface area contributed by atoms with Crippen LogP contribution in [-0.4, -0.2) is 0 Å².